The number of rotatable bonds is 4. The van der Waals surface area contributed by atoms with Gasteiger partial charge in [0.15, 0.2) is 0 Å². The lowest BCUT2D eigenvalue weighted by atomic mass is 10.2. The molecule has 0 atom stereocenters. The van der Waals surface area contributed by atoms with Crippen molar-refractivity contribution in [3.63, 3.8) is 0 Å². The smallest absolute Gasteiger partial charge is 0.268 e. The summed E-state index contributed by atoms with van der Waals surface area (Å²) in [5, 5.41) is 1.92. The van der Waals surface area contributed by atoms with Crippen molar-refractivity contribution in [2.24, 2.45) is 0 Å². The monoisotopic (exact) mass is 329 g/mol. The maximum atomic E-state index is 12.8. The van der Waals surface area contributed by atoms with Gasteiger partial charge >= 0.3 is 0 Å². The largest absolute Gasteiger partial charge is 0.272 e. The Morgan fingerprint density at radius 2 is 1.82 bits per heavy atom. The molecule has 0 saturated carbocycles. The maximum Gasteiger partial charge on any atom is 0.272 e. The van der Waals surface area contributed by atoms with Crippen LogP contribution in [0.2, 0.25) is 0 Å². The fourth-order valence-corrected chi connectivity index (χ4v) is 4.03. The highest BCUT2D eigenvalue weighted by Gasteiger charge is 2.40. The summed E-state index contributed by atoms with van der Waals surface area (Å²) in [6, 6.07) is 11.2. The average molecular weight is 329 g/mol. The molecular formula is C17H15NO2S2. The van der Waals surface area contributed by atoms with Crippen molar-refractivity contribution in [2.75, 3.05) is 10.7 Å². The van der Waals surface area contributed by atoms with Crippen LogP contribution in [0.15, 0.2) is 46.7 Å². The standard InChI is InChI=1S/C17H15NO2S2/c1-3-21-15-14(13-5-4-10-22-13)16(19)18(17(15)20)12-8-6-11(2)7-9-12/h4-10H,3H2,1-2H3. The molecule has 0 N–H and O–H groups in total. The molecule has 0 spiro atoms. The Bertz CT molecular complexity index is 745. The number of amides is 2. The van der Waals surface area contributed by atoms with Crippen molar-refractivity contribution in [3.05, 3.63) is 57.1 Å². The zero-order valence-corrected chi connectivity index (χ0v) is 14.0. The Morgan fingerprint density at radius 3 is 2.41 bits per heavy atom. The van der Waals surface area contributed by atoms with Crippen molar-refractivity contribution in [1.82, 2.24) is 0 Å². The first-order valence-electron chi connectivity index (χ1n) is 7.00. The molecule has 0 fully saturated rings. The van der Waals surface area contributed by atoms with E-state index in [4.69, 9.17) is 0 Å². The number of aryl methyl sites for hydroxylation is 1. The first-order valence-corrected chi connectivity index (χ1v) is 8.86. The molecule has 1 aliphatic rings. The fraction of sp³-hybridized carbons (Fsp3) is 0.176. The number of hydrogen-bond donors (Lipinski definition) is 0. The summed E-state index contributed by atoms with van der Waals surface area (Å²) < 4.78 is 0. The minimum Gasteiger partial charge on any atom is -0.268 e. The number of carbonyl (C=O) groups is 2. The van der Waals surface area contributed by atoms with E-state index in [-0.39, 0.29) is 11.8 Å². The highest BCUT2D eigenvalue weighted by Crippen LogP contribution is 2.39. The summed E-state index contributed by atoms with van der Waals surface area (Å²) >= 11 is 2.92. The number of thioether (sulfide) groups is 1. The zero-order chi connectivity index (χ0) is 15.7. The molecule has 1 aliphatic heterocycles. The maximum absolute atomic E-state index is 12.8. The van der Waals surface area contributed by atoms with E-state index in [2.05, 4.69) is 0 Å². The lowest BCUT2D eigenvalue weighted by Gasteiger charge is -2.15. The van der Waals surface area contributed by atoms with Gasteiger partial charge in [0.1, 0.15) is 0 Å². The van der Waals surface area contributed by atoms with E-state index < -0.39 is 0 Å². The molecule has 5 heteroatoms. The van der Waals surface area contributed by atoms with E-state index in [0.717, 1.165) is 16.2 Å². The van der Waals surface area contributed by atoms with Crippen molar-refractivity contribution >= 4 is 46.2 Å². The summed E-state index contributed by atoms with van der Waals surface area (Å²) in [6.07, 6.45) is 0. The number of carbonyl (C=O) groups excluding carboxylic acids is 2. The molecule has 0 radical (unpaired) electrons. The molecule has 1 aromatic carbocycles. The predicted octanol–water partition coefficient (Wildman–Crippen LogP) is 4.09. The van der Waals surface area contributed by atoms with Crippen LogP contribution in [-0.2, 0) is 9.59 Å². The highest BCUT2D eigenvalue weighted by molar-refractivity contribution is 8.04. The Labute approximate surface area is 137 Å². The van der Waals surface area contributed by atoms with Crippen molar-refractivity contribution < 1.29 is 9.59 Å². The third-order valence-electron chi connectivity index (χ3n) is 3.39. The molecule has 0 bridgehead atoms. The molecule has 0 saturated heterocycles. The lowest BCUT2D eigenvalue weighted by molar-refractivity contribution is -0.119. The van der Waals surface area contributed by atoms with E-state index in [1.54, 1.807) is 0 Å². The van der Waals surface area contributed by atoms with Gasteiger partial charge in [-0.1, -0.05) is 30.7 Å². The minimum absolute atomic E-state index is 0.218. The second-order valence-corrected chi connectivity index (χ2v) is 7.12. The Morgan fingerprint density at radius 1 is 1.09 bits per heavy atom. The number of thiophene rings is 1. The van der Waals surface area contributed by atoms with E-state index in [1.165, 1.54) is 28.0 Å². The first kappa shape index (κ1) is 15.1. The van der Waals surface area contributed by atoms with Crippen LogP contribution in [0.3, 0.4) is 0 Å². The molecule has 2 amide bonds. The molecule has 0 aliphatic carbocycles. The van der Waals surface area contributed by atoms with Crippen LogP contribution in [0.5, 0.6) is 0 Å². The fourth-order valence-electron chi connectivity index (χ4n) is 2.35. The molecule has 2 aromatic rings. The molecule has 3 rings (SSSR count). The van der Waals surface area contributed by atoms with Gasteiger partial charge in [0.25, 0.3) is 11.8 Å². The third-order valence-corrected chi connectivity index (χ3v) is 5.23. The Balaban J connectivity index is 2.06. The normalized spacial score (nSPS) is 15.1. The summed E-state index contributed by atoms with van der Waals surface area (Å²) in [5.41, 5.74) is 2.26. The molecule has 2 heterocycles. The van der Waals surface area contributed by atoms with Gasteiger partial charge in [0.2, 0.25) is 0 Å². The van der Waals surface area contributed by atoms with Gasteiger partial charge in [-0.2, -0.15) is 0 Å². The number of anilines is 1. The second kappa shape index (κ2) is 6.10. The lowest BCUT2D eigenvalue weighted by Crippen LogP contribution is -2.31. The molecule has 1 aromatic heterocycles. The van der Waals surface area contributed by atoms with Gasteiger partial charge in [-0.3, -0.25) is 9.59 Å². The van der Waals surface area contributed by atoms with Gasteiger partial charge < -0.3 is 0 Å². The minimum atomic E-state index is -0.229. The SMILES string of the molecule is CCSC1=C(c2cccs2)C(=O)N(c2ccc(C)cc2)C1=O. The van der Waals surface area contributed by atoms with E-state index >= 15 is 0 Å². The summed E-state index contributed by atoms with van der Waals surface area (Å²) in [7, 11) is 0. The van der Waals surface area contributed by atoms with E-state index in [0.29, 0.717) is 16.2 Å². The van der Waals surface area contributed by atoms with Crippen molar-refractivity contribution in [3.8, 4) is 0 Å². The highest BCUT2D eigenvalue weighted by atomic mass is 32.2. The van der Waals surface area contributed by atoms with E-state index in [9.17, 15) is 9.59 Å². The number of hydrogen-bond acceptors (Lipinski definition) is 4. The molecule has 3 nitrogen and oxygen atoms in total. The number of imide groups is 1. The zero-order valence-electron chi connectivity index (χ0n) is 12.3. The van der Waals surface area contributed by atoms with Gasteiger partial charge in [-0.05, 0) is 36.3 Å². The van der Waals surface area contributed by atoms with E-state index in [1.807, 2.05) is 55.6 Å². The topological polar surface area (TPSA) is 37.4 Å². The molecule has 22 heavy (non-hydrogen) atoms. The first-order chi connectivity index (χ1) is 10.6. The predicted molar refractivity (Wildman–Crippen MR) is 93.0 cm³/mol. The van der Waals surface area contributed by atoms with Crippen LogP contribution in [0.25, 0.3) is 5.57 Å². The quantitative estimate of drug-likeness (QED) is 0.793. The summed E-state index contributed by atoms with van der Waals surface area (Å²) in [5.74, 6) is 0.307. The van der Waals surface area contributed by atoms with Crippen molar-refractivity contribution in [1.29, 1.82) is 0 Å². The van der Waals surface area contributed by atoms with Gasteiger partial charge in [-0.25, -0.2) is 4.90 Å². The summed E-state index contributed by atoms with van der Waals surface area (Å²) in [4.78, 5) is 28.2. The van der Waals surface area contributed by atoms with Crippen LogP contribution in [0.4, 0.5) is 5.69 Å². The Kier molecular flexibility index (Phi) is 4.18. The van der Waals surface area contributed by atoms with Gasteiger partial charge in [0, 0.05) is 4.88 Å². The second-order valence-electron chi connectivity index (χ2n) is 4.90. The third kappa shape index (κ3) is 2.51. The van der Waals surface area contributed by atoms with Gasteiger partial charge in [0.05, 0.1) is 16.2 Å². The molecular weight excluding hydrogens is 314 g/mol. The van der Waals surface area contributed by atoms with Crippen molar-refractivity contribution in [2.45, 2.75) is 13.8 Å². The van der Waals surface area contributed by atoms with Crippen LogP contribution >= 0.6 is 23.1 Å². The van der Waals surface area contributed by atoms with Crippen LogP contribution < -0.4 is 4.90 Å². The average Bonchev–Trinajstić information content (AvgIpc) is 3.09. The Hall–Kier alpha value is -1.85. The van der Waals surface area contributed by atoms with Crippen LogP contribution in [0, 0.1) is 6.92 Å². The molecule has 0 unspecified atom stereocenters. The summed E-state index contributed by atoms with van der Waals surface area (Å²) in [6.45, 7) is 3.96. The number of nitrogens with zero attached hydrogens (tertiary/aromatic N) is 1. The molecule has 112 valence electrons. The number of benzene rings is 1. The van der Waals surface area contributed by atoms with Gasteiger partial charge in [-0.15, -0.1) is 23.1 Å². The van der Waals surface area contributed by atoms with Crippen LogP contribution in [-0.4, -0.2) is 17.6 Å². The van der Waals surface area contributed by atoms with Crippen LogP contribution in [0.1, 0.15) is 17.4 Å².